The zero-order valence-corrected chi connectivity index (χ0v) is 9.00. The zero-order valence-electron chi connectivity index (χ0n) is 8.10. The third-order valence-corrected chi connectivity index (χ3v) is 2.04. The smallest absolute Gasteiger partial charge is 0.220 e. The Bertz CT molecular complexity index is 299. The van der Waals surface area contributed by atoms with Crippen molar-refractivity contribution in [3.8, 4) is 0 Å². The summed E-state index contributed by atoms with van der Waals surface area (Å²) >= 11 is 3.97. The number of aryl methyl sites for hydroxylation is 1. The molecule has 0 fully saturated rings. The van der Waals surface area contributed by atoms with Gasteiger partial charge < -0.3 is 9.88 Å². The number of nitrogens with zero attached hydrogens (tertiary/aromatic N) is 3. The number of hydrogen-bond donors (Lipinski definition) is 2. The Labute approximate surface area is 88.3 Å². The van der Waals surface area contributed by atoms with E-state index in [1.165, 1.54) is 0 Å². The van der Waals surface area contributed by atoms with Crippen LogP contribution in [0.3, 0.4) is 0 Å². The number of aromatic nitrogens is 3. The third kappa shape index (κ3) is 3.37. The molecule has 0 unspecified atom stereocenters. The summed E-state index contributed by atoms with van der Waals surface area (Å²) in [7, 11) is 1.88. The Morgan fingerprint density at radius 1 is 1.71 bits per heavy atom. The Hall–Kier alpha value is -1.04. The van der Waals surface area contributed by atoms with Gasteiger partial charge in [0, 0.05) is 26.4 Å². The molecule has 1 heterocycles. The maximum absolute atomic E-state index is 11.1. The monoisotopic (exact) mass is 214 g/mol. The van der Waals surface area contributed by atoms with Gasteiger partial charge in [0.1, 0.15) is 12.2 Å². The van der Waals surface area contributed by atoms with Crippen LogP contribution in [0.25, 0.3) is 0 Å². The average Bonchev–Trinajstić information content (AvgIpc) is 2.52. The fourth-order valence-electron chi connectivity index (χ4n) is 1.04. The van der Waals surface area contributed by atoms with Gasteiger partial charge in [0.2, 0.25) is 5.91 Å². The molecule has 78 valence electrons. The average molecular weight is 214 g/mol. The molecule has 1 aromatic heterocycles. The number of nitrogens with one attached hydrogen (secondary N) is 1. The SMILES string of the molecule is Cn1cnnc1CCNC(=O)CCS. The van der Waals surface area contributed by atoms with Crippen LogP contribution < -0.4 is 5.32 Å². The number of carbonyl (C=O) groups excluding carboxylic acids is 1. The molecular formula is C8H14N4OS. The van der Waals surface area contributed by atoms with Crippen LogP contribution in [0.4, 0.5) is 0 Å². The molecule has 0 atom stereocenters. The van der Waals surface area contributed by atoms with Gasteiger partial charge in [-0.15, -0.1) is 10.2 Å². The Balaban J connectivity index is 2.22. The van der Waals surface area contributed by atoms with Gasteiger partial charge in [-0.1, -0.05) is 0 Å². The summed E-state index contributed by atoms with van der Waals surface area (Å²) in [5.41, 5.74) is 0. The molecule has 0 saturated carbocycles. The van der Waals surface area contributed by atoms with Crippen molar-refractivity contribution in [2.75, 3.05) is 12.3 Å². The van der Waals surface area contributed by atoms with Crippen LogP contribution >= 0.6 is 12.6 Å². The number of hydrogen-bond acceptors (Lipinski definition) is 4. The summed E-state index contributed by atoms with van der Waals surface area (Å²) in [5.74, 6) is 1.48. The molecule has 0 aliphatic carbocycles. The summed E-state index contributed by atoms with van der Waals surface area (Å²) in [4.78, 5) is 11.1. The summed E-state index contributed by atoms with van der Waals surface area (Å²) in [5, 5.41) is 10.4. The second kappa shape index (κ2) is 5.64. The van der Waals surface area contributed by atoms with Crippen LogP contribution in [0, 0.1) is 0 Å². The number of amides is 1. The lowest BCUT2D eigenvalue weighted by molar-refractivity contribution is -0.120. The molecule has 1 N–H and O–H groups in total. The molecule has 6 heteroatoms. The number of rotatable bonds is 5. The highest BCUT2D eigenvalue weighted by molar-refractivity contribution is 7.80. The molecule has 1 amide bonds. The molecule has 0 aromatic carbocycles. The lowest BCUT2D eigenvalue weighted by Gasteiger charge is -2.03. The first-order valence-electron chi connectivity index (χ1n) is 4.44. The molecule has 1 aromatic rings. The summed E-state index contributed by atoms with van der Waals surface area (Å²) in [6, 6.07) is 0. The standard InChI is InChI=1S/C8H14N4OS/c1-12-6-10-11-7(12)2-4-9-8(13)3-5-14/h6,14H,2-5H2,1H3,(H,9,13). The van der Waals surface area contributed by atoms with E-state index in [9.17, 15) is 4.79 Å². The fraction of sp³-hybridized carbons (Fsp3) is 0.625. The topological polar surface area (TPSA) is 59.8 Å². The first-order chi connectivity index (χ1) is 6.74. The number of thiol groups is 1. The van der Waals surface area contributed by atoms with Crippen molar-refractivity contribution < 1.29 is 4.79 Å². The van der Waals surface area contributed by atoms with Crippen LogP contribution in [-0.2, 0) is 18.3 Å². The molecule has 5 nitrogen and oxygen atoms in total. The van der Waals surface area contributed by atoms with Crippen LogP contribution in [0.15, 0.2) is 6.33 Å². The van der Waals surface area contributed by atoms with Gasteiger partial charge >= 0.3 is 0 Å². The Morgan fingerprint density at radius 3 is 3.07 bits per heavy atom. The molecule has 0 bridgehead atoms. The van der Waals surface area contributed by atoms with Gasteiger partial charge in [-0.25, -0.2) is 0 Å². The molecule has 14 heavy (non-hydrogen) atoms. The highest BCUT2D eigenvalue weighted by atomic mass is 32.1. The van der Waals surface area contributed by atoms with E-state index in [0.717, 1.165) is 5.82 Å². The minimum absolute atomic E-state index is 0.0298. The van der Waals surface area contributed by atoms with Crippen LogP contribution in [-0.4, -0.2) is 33.0 Å². The van der Waals surface area contributed by atoms with E-state index in [1.807, 2.05) is 11.6 Å². The van der Waals surface area contributed by atoms with Crippen molar-refractivity contribution in [2.24, 2.45) is 7.05 Å². The lowest BCUT2D eigenvalue weighted by Crippen LogP contribution is -2.26. The van der Waals surface area contributed by atoms with Gasteiger partial charge in [0.05, 0.1) is 0 Å². The maximum atomic E-state index is 11.1. The van der Waals surface area contributed by atoms with Crippen LogP contribution in [0.1, 0.15) is 12.2 Å². The highest BCUT2D eigenvalue weighted by Crippen LogP contribution is 1.91. The second-order valence-corrected chi connectivity index (χ2v) is 3.38. The predicted octanol–water partition coefficient (Wildman–Crippen LogP) is -0.206. The molecule has 0 saturated heterocycles. The largest absolute Gasteiger partial charge is 0.356 e. The van der Waals surface area contributed by atoms with E-state index >= 15 is 0 Å². The van der Waals surface area contributed by atoms with Gasteiger partial charge in [0.15, 0.2) is 0 Å². The second-order valence-electron chi connectivity index (χ2n) is 2.93. The Kier molecular flexibility index (Phi) is 4.45. The molecule has 0 spiro atoms. The third-order valence-electron chi connectivity index (χ3n) is 1.81. The van der Waals surface area contributed by atoms with E-state index in [-0.39, 0.29) is 5.91 Å². The molecule has 0 radical (unpaired) electrons. The van der Waals surface area contributed by atoms with E-state index in [2.05, 4.69) is 28.1 Å². The van der Waals surface area contributed by atoms with Crippen molar-refractivity contribution in [1.82, 2.24) is 20.1 Å². The minimum atomic E-state index is 0.0298. The highest BCUT2D eigenvalue weighted by Gasteiger charge is 2.02. The van der Waals surface area contributed by atoms with Crippen molar-refractivity contribution in [1.29, 1.82) is 0 Å². The lowest BCUT2D eigenvalue weighted by atomic mass is 10.3. The van der Waals surface area contributed by atoms with Gasteiger partial charge in [0.25, 0.3) is 0 Å². The van der Waals surface area contributed by atoms with Crippen LogP contribution in [0.2, 0.25) is 0 Å². The summed E-state index contributed by atoms with van der Waals surface area (Å²) in [6.45, 7) is 0.596. The van der Waals surface area contributed by atoms with Crippen molar-refractivity contribution in [2.45, 2.75) is 12.8 Å². The zero-order chi connectivity index (χ0) is 10.4. The number of carbonyl (C=O) groups is 1. The molecular weight excluding hydrogens is 200 g/mol. The first-order valence-corrected chi connectivity index (χ1v) is 5.07. The molecule has 0 aliphatic rings. The van der Waals surface area contributed by atoms with Gasteiger partial charge in [-0.3, -0.25) is 4.79 Å². The van der Waals surface area contributed by atoms with Gasteiger partial charge in [-0.2, -0.15) is 12.6 Å². The van der Waals surface area contributed by atoms with Crippen molar-refractivity contribution in [3.05, 3.63) is 12.2 Å². The molecule has 1 rings (SSSR count). The minimum Gasteiger partial charge on any atom is -0.356 e. The van der Waals surface area contributed by atoms with E-state index in [0.29, 0.717) is 25.1 Å². The summed E-state index contributed by atoms with van der Waals surface area (Å²) < 4.78 is 1.84. The van der Waals surface area contributed by atoms with E-state index in [4.69, 9.17) is 0 Å². The fourth-order valence-corrected chi connectivity index (χ4v) is 1.24. The quantitative estimate of drug-likeness (QED) is 0.667. The van der Waals surface area contributed by atoms with Crippen LogP contribution in [0.5, 0.6) is 0 Å². The normalized spacial score (nSPS) is 10.1. The van der Waals surface area contributed by atoms with Crippen molar-refractivity contribution >= 4 is 18.5 Å². The van der Waals surface area contributed by atoms with E-state index in [1.54, 1.807) is 6.33 Å². The van der Waals surface area contributed by atoms with Gasteiger partial charge in [-0.05, 0) is 5.75 Å². The van der Waals surface area contributed by atoms with E-state index < -0.39 is 0 Å². The maximum Gasteiger partial charge on any atom is 0.220 e. The summed E-state index contributed by atoms with van der Waals surface area (Å²) in [6.07, 6.45) is 2.81. The van der Waals surface area contributed by atoms with Crippen molar-refractivity contribution in [3.63, 3.8) is 0 Å². The molecule has 0 aliphatic heterocycles. The Morgan fingerprint density at radius 2 is 2.50 bits per heavy atom. The first kappa shape index (κ1) is 11.0. The predicted molar refractivity (Wildman–Crippen MR) is 56.2 cm³/mol.